The van der Waals surface area contributed by atoms with Crippen molar-refractivity contribution in [2.24, 2.45) is 0 Å². The highest BCUT2D eigenvalue weighted by atomic mass is 16.5. The average molecular weight is 315 g/mol. The predicted octanol–water partition coefficient (Wildman–Crippen LogP) is 1.82. The van der Waals surface area contributed by atoms with Crippen LogP contribution in [0.5, 0.6) is 11.5 Å². The van der Waals surface area contributed by atoms with E-state index in [1.807, 2.05) is 18.2 Å². The van der Waals surface area contributed by atoms with Crippen LogP contribution >= 0.6 is 0 Å². The number of methoxy groups -OCH3 is 2. The molecule has 122 valence electrons. The van der Waals surface area contributed by atoms with Crippen LogP contribution in [0.25, 0.3) is 0 Å². The second-order valence-electron chi connectivity index (χ2n) is 5.18. The monoisotopic (exact) mass is 315 g/mol. The SMILES string of the molecule is COc1ccc(CCN/C=C(/C#N)N2CCCC2=O)cc1OC. The first-order valence-electron chi connectivity index (χ1n) is 7.54. The van der Waals surface area contributed by atoms with Gasteiger partial charge in [0.05, 0.1) is 14.2 Å². The minimum Gasteiger partial charge on any atom is -0.493 e. The lowest BCUT2D eigenvalue weighted by Gasteiger charge is -2.14. The summed E-state index contributed by atoms with van der Waals surface area (Å²) in [7, 11) is 3.21. The van der Waals surface area contributed by atoms with E-state index in [0.717, 1.165) is 18.4 Å². The molecular weight excluding hydrogens is 294 g/mol. The van der Waals surface area contributed by atoms with Crippen LogP contribution in [-0.4, -0.2) is 38.1 Å². The summed E-state index contributed by atoms with van der Waals surface area (Å²) in [5.74, 6) is 1.41. The Morgan fingerprint density at radius 1 is 1.39 bits per heavy atom. The number of ether oxygens (including phenoxy) is 2. The van der Waals surface area contributed by atoms with Crippen LogP contribution in [0.3, 0.4) is 0 Å². The number of carbonyl (C=O) groups is 1. The molecule has 1 fully saturated rings. The maximum absolute atomic E-state index is 11.6. The Hall–Kier alpha value is -2.68. The van der Waals surface area contributed by atoms with Crippen molar-refractivity contribution in [1.29, 1.82) is 5.26 Å². The lowest BCUT2D eigenvalue weighted by molar-refractivity contribution is -0.125. The summed E-state index contributed by atoms with van der Waals surface area (Å²) in [5.41, 5.74) is 1.47. The highest BCUT2D eigenvalue weighted by molar-refractivity contribution is 5.80. The Morgan fingerprint density at radius 3 is 2.78 bits per heavy atom. The number of hydrogen-bond donors (Lipinski definition) is 1. The van der Waals surface area contributed by atoms with Gasteiger partial charge in [0.15, 0.2) is 11.5 Å². The summed E-state index contributed by atoms with van der Waals surface area (Å²) >= 11 is 0. The van der Waals surface area contributed by atoms with Crippen molar-refractivity contribution < 1.29 is 14.3 Å². The molecule has 0 spiro atoms. The molecule has 0 bridgehead atoms. The number of amides is 1. The molecule has 1 aliphatic rings. The van der Waals surface area contributed by atoms with E-state index in [2.05, 4.69) is 11.4 Å². The van der Waals surface area contributed by atoms with Gasteiger partial charge in [-0.3, -0.25) is 4.79 Å². The van der Waals surface area contributed by atoms with Crippen LogP contribution in [0.15, 0.2) is 30.1 Å². The van der Waals surface area contributed by atoms with Crippen molar-refractivity contribution in [3.05, 3.63) is 35.7 Å². The summed E-state index contributed by atoms with van der Waals surface area (Å²) in [6.45, 7) is 1.28. The lowest BCUT2D eigenvalue weighted by atomic mass is 10.1. The molecule has 23 heavy (non-hydrogen) atoms. The van der Waals surface area contributed by atoms with Gasteiger partial charge in [-0.05, 0) is 30.5 Å². The molecule has 0 unspecified atom stereocenters. The Morgan fingerprint density at radius 2 is 2.17 bits per heavy atom. The number of likely N-dealkylation sites (tertiary alicyclic amines) is 1. The number of carbonyl (C=O) groups excluding carboxylic acids is 1. The molecular formula is C17H21N3O3. The van der Waals surface area contributed by atoms with Crippen LogP contribution in [0.1, 0.15) is 18.4 Å². The second-order valence-corrected chi connectivity index (χ2v) is 5.18. The standard InChI is InChI=1S/C17H21N3O3/c1-22-15-6-5-13(10-16(15)23-2)7-8-19-12-14(11-18)20-9-3-4-17(20)21/h5-6,10,12,19H,3-4,7-9H2,1-2H3/b14-12-. The van der Waals surface area contributed by atoms with E-state index in [4.69, 9.17) is 14.7 Å². The third kappa shape index (κ3) is 4.16. The maximum Gasteiger partial charge on any atom is 0.227 e. The predicted molar refractivity (Wildman–Crippen MR) is 85.9 cm³/mol. The maximum atomic E-state index is 11.6. The molecule has 1 N–H and O–H groups in total. The third-order valence-corrected chi connectivity index (χ3v) is 3.72. The van der Waals surface area contributed by atoms with E-state index in [1.54, 1.807) is 20.4 Å². The van der Waals surface area contributed by atoms with Crippen LogP contribution in [0.4, 0.5) is 0 Å². The average Bonchev–Trinajstić information content (AvgIpc) is 3.00. The van der Waals surface area contributed by atoms with Gasteiger partial charge in [0.2, 0.25) is 5.91 Å². The molecule has 1 aliphatic heterocycles. The van der Waals surface area contributed by atoms with Gasteiger partial charge < -0.3 is 19.7 Å². The van der Waals surface area contributed by atoms with Gasteiger partial charge in [0.25, 0.3) is 0 Å². The number of nitrogens with zero attached hydrogens (tertiary/aromatic N) is 2. The quantitative estimate of drug-likeness (QED) is 0.614. The summed E-state index contributed by atoms with van der Waals surface area (Å²) in [6, 6.07) is 7.85. The van der Waals surface area contributed by atoms with Crippen LogP contribution < -0.4 is 14.8 Å². The van der Waals surface area contributed by atoms with Crippen molar-refractivity contribution >= 4 is 5.91 Å². The van der Waals surface area contributed by atoms with Crippen molar-refractivity contribution in [2.45, 2.75) is 19.3 Å². The summed E-state index contributed by atoms with van der Waals surface area (Å²) in [4.78, 5) is 13.2. The Balaban J connectivity index is 1.90. The number of nitriles is 1. The molecule has 1 saturated heterocycles. The Bertz CT molecular complexity index is 634. The van der Waals surface area contributed by atoms with Crippen LogP contribution in [0, 0.1) is 11.3 Å². The van der Waals surface area contributed by atoms with Crippen molar-refractivity contribution in [2.75, 3.05) is 27.3 Å². The zero-order valence-electron chi connectivity index (χ0n) is 13.5. The topological polar surface area (TPSA) is 74.6 Å². The fourth-order valence-electron chi connectivity index (χ4n) is 2.49. The molecule has 0 aliphatic carbocycles. The molecule has 1 aromatic rings. The van der Waals surface area contributed by atoms with Crippen LogP contribution in [-0.2, 0) is 11.2 Å². The van der Waals surface area contributed by atoms with E-state index in [9.17, 15) is 4.79 Å². The molecule has 1 amide bonds. The van der Waals surface area contributed by atoms with Gasteiger partial charge in [-0.1, -0.05) is 6.07 Å². The van der Waals surface area contributed by atoms with Crippen molar-refractivity contribution in [3.8, 4) is 17.6 Å². The first-order valence-corrected chi connectivity index (χ1v) is 7.54. The summed E-state index contributed by atoms with van der Waals surface area (Å²) < 4.78 is 10.5. The molecule has 0 aromatic heterocycles. The minimum absolute atomic E-state index is 0.0134. The Labute approximate surface area is 136 Å². The first-order chi connectivity index (χ1) is 11.2. The summed E-state index contributed by atoms with van der Waals surface area (Å²) in [5, 5.41) is 12.3. The number of hydrogen-bond acceptors (Lipinski definition) is 5. The van der Waals surface area contributed by atoms with Gasteiger partial charge in [-0.25, -0.2) is 0 Å². The molecule has 1 aromatic carbocycles. The highest BCUT2D eigenvalue weighted by Crippen LogP contribution is 2.27. The van der Waals surface area contributed by atoms with Gasteiger partial charge in [0.1, 0.15) is 11.8 Å². The van der Waals surface area contributed by atoms with Gasteiger partial charge in [-0.2, -0.15) is 5.26 Å². The first kappa shape index (κ1) is 16.7. The molecule has 2 rings (SSSR count). The zero-order valence-corrected chi connectivity index (χ0v) is 13.5. The number of benzene rings is 1. The van der Waals surface area contributed by atoms with E-state index < -0.39 is 0 Å². The number of allylic oxidation sites excluding steroid dienone is 1. The fraction of sp³-hybridized carbons (Fsp3) is 0.412. The number of nitrogens with one attached hydrogen (secondary N) is 1. The smallest absolute Gasteiger partial charge is 0.227 e. The van der Waals surface area contributed by atoms with E-state index in [-0.39, 0.29) is 5.91 Å². The van der Waals surface area contributed by atoms with Gasteiger partial charge in [-0.15, -0.1) is 0 Å². The van der Waals surface area contributed by atoms with E-state index in [1.165, 1.54) is 4.90 Å². The van der Waals surface area contributed by atoms with Gasteiger partial charge >= 0.3 is 0 Å². The van der Waals surface area contributed by atoms with Gasteiger partial charge in [0, 0.05) is 25.7 Å². The van der Waals surface area contributed by atoms with Crippen molar-refractivity contribution in [3.63, 3.8) is 0 Å². The van der Waals surface area contributed by atoms with Crippen molar-refractivity contribution in [1.82, 2.24) is 10.2 Å². The largest absolute Gasteiger partial charge is 0.493 e. The zero-order chi connectivity index (χ0) is 16.7. The number of rotatable bonds is 7. The van der Waals surface area contributed by atoms with E-state index >= 15 is 0 Å². The highest BCUT2D eigenvalue weighted by Gasteiger charge is 2.23. The molecule has 6 heteroatoms. The molecule has 0 saturated carbocycles. The van der Waals surface area contributed by atoms with Crippen LogP contribution in [0.2, 0.25) is 0 Å². The normalized spacial score (nSPS) is 14.6. The lowest BCUT2D eigenvalue weighted by Crippen LogP contribution is -2.25. The summed E-state index contributed by atoms with van der Waals surface area (Å²) in [6.07, 6.45) is 3.71. The second kappa shape index (κ2) is 8.08. The molecule has 0 radical (unpaired) electrons. The van der Waals surface area contributed by atoms with E-state index in [0.29, 0.717) is 36.7 Å². The molecule has 1 heterocycles. The minimum atomic E-state index is 0.0134. The fourth-order valence-corrected chi connectivity index (χ4v) is 2.49. The molecule has 0 atom stereocenters. The third-order valence-electron chi connectivity index (χ3n) is 3.72. The molecule has 6 nitrogen and oxygen atoms in total. The Kier molecular flexibility index (Phi) is 5.87.